The number of nitrogens with zero attached hydrogens (tertiary/aromatic N) is 4. The van der Waals surface area contributed by atoms with Gasteiger partial charge in [0.2, 0.25) is 11.8 Å². The van der Waals surface area contributed by atoms with Crippen LogP contribution in [0.4, 0.5) is 5.82 Å². The van der Waals surface area contributed by atoms with Crippen LogP contribution < -0.4 is 16.4 Å². The van der Waals surface area contributed by atoms with Crippen LogP contribution in [0.2, 0.25) is 0 Å². The van der Waals surface area contributed by atoms with E-state index in [9.17, 15) is 29.4 Å². The van der Waals surface area contributed by atoms with Crippen molar-refractivity contribution < 1.29 is 34.1 Å². The summed E-state index contributed by atoms with van der Waals surface area (Å²) in [5.41, 5.74) is 9.32. The Morgan fingerprint density at radius 1 is 0.963 bits per heavy atom. The lowest BCUT2D eigenvalue weighted by atomic mass is 9.71. The van der Waals surface area contributed by atoms with Crippen LogP contribution in [-0.4, -0.2) is 84.0 Å². The van der Waals surface area contributed by atoms with Crippen molar-refractivity contribution in [3.8, 4) is 0 Å². The molecule has 2 unspecified atom stereocenters. The molecule has 1 aliphatic carbocycles. The minimum atomic E-state index is -1.26. The van der Waals surface area contributed by atoms with Crippen LogP contribution in [0.25, 0.3) is 11.2 Å². The SMILES string of the molecule is CC[C@@H](CCC(NC(=O)CC(C)(C)C1=C(C)C(=O)C(C)=C(C)C1=O)C(=O)NCCc1ccc(C)cc1)C[C@H]1O[C@@H](n2cnc3c(N)ncnc32)[C@@H](O)C1O. The van der Waals surface area contributed by atoms with Gasteiger partial charge in [-0.2, -0.15) is 0 Å². The van der Waals surface area contributed by atoms with Gasteiger partial charge >= 0.3 is 0 Å². The zero-order chi connectivity index (χ0) is 39.5. The molecule has 290 valence electrons. The lowest BCUT2D eigenvalue weighted by molar-refractivity contribution is -0.130. The highest BCUT2D eigenvalue weighted by molar-refractivity contribution is 6.25. The van der Waals surface area contributed by atoms with E-state index in [-0.39, 0.29) is 35.6 Å². The molecule has 2 amide bonds. The number of amides is 2. The Hall–Kier alpha value is -4.79. The molecule has 3 aromatic rings. The predicted molar refractivity (Wildman–Crippen MR) is 203 cm³/mol. The second kappa shape index (κ2) is 16.7. The summed E-state index contributed by atoms with van der Waals surface area (Å²) in [5, 5.41) is 28.0. The number of nitrogens with two attached hydrogens (primary N) is 1. The largest absolute Gasteiger partial charge is 0.388 e. The van der Waals surface area contributed by atoms with Gasteiger partial charge in [0, 0.05) is 40.7 Å². The maximum Gasteiger partial charge on any atom is 0.242 e. The van der Waals surface area contributed by atoms with Crippen molar-refractivity contribution in [3.05, 3.63) is 70.3 Å². The summed E-state index contributed by atoms with van der Waals surface area (Å²) < 4.78 is 7.73. The number of aliphatic hydroxyl groups is 2. The lowest BCUT2D eigenvalue weighted by Crippen LogP contribution is -2.48. The standard InChI is InChI=1S/C40H53N7O7/c1-8-25(17-28-34(51)35(52)39(54-28)47-20-45-31-36(41)43-19-44-37(31)47)13-14-27(38(53)42-16-15-26-11-9-21(2)10-12-26)46-29(48)18-40(6,7)30-24(5)32(49)22(3)23(4)33(30)50/h9-12,19-20,25,27-28,34-35,39,51-52H,8,13-18H2,1-7H3,(H,42,53)(H,46,48)(H2,41,43,44)/t25-,27?,28+,34?,35-,39+/m0/s1. The first-order valence-electron chi connectivity index (χ1n) is 18.6. The number of aromatic nitrogens is 4. The molecule has 3 heterocycles. The van der Waals surface area contributed by atoms with Crippen molar-refractivity contribution in [2.45, 2.75) is 118 Å². The third-order valence-electron chi connectivity index (χ3n) is 11.0. The van der Waals surface area contributed by atoms with Gasteiger partial charge < -0.3 is 31.3 Å². The number of anilines is 1. The molecule has 1 fully saturated rings. The van der Waals surface area contributed by atoms with Gasteiger partial charge in [-0.05, 0) is 64.9 Å². The molecule has 0 saturated carbocycles. The van der Waals surface area contributed by atoms with Crippen molar-refractivity contribution in [3.63, 3.8) is 0 Å². The summed E-state index contributed by atoms with van der Waals surface area (Å²) >= 11 is 0. The number of carbonyl (C=O) groups is 4. The highest BCUT2D eigenvalue weighted by atomic mass is 16.6. The number of aliphatic hydroxyl groups excluding tert-OH is 2. The number of allylic oxidation sites excluding steroid dienone is 4. The molecule has 14 heteroatoms. The molecule has 1 aromatic carbocycles. The number of carbonyl (C=O) groups excluding carboxylic acids is 4. The van der Waals surface area contributed by atoms with E-state index in [4.69, 9.17) is 10.5 Å². The number of hydrogen-bond donors (Lipinski definition) is 5. The molecule has 1 saturated heterocycles. The second-order valence-electron chi connectivity index (χ2n) is 15.3. The van der Waals surface area contributed by atoms with Gasteiger partial charge in [0.1, 0.15) is 30.1 Å². The predicted octanol–water partition coefficient (Wildman–Crippen LogP) is 3.60. The minimum absolute atomic E-state index is 0.0408. The fourth-order valence-corrected chi connectivity index (χ4v) is 7.55. The van der Waals surface area contributed by atoms with E-state index in [0.29, 0.717) is 72.1 Å². The number of nitrogens with one attached hydrogen (secondary N) is 2. The Labute approximate surface area is 315 Å². The van der Waals surface area contributed by atoms with E-state index in [1.54, 1.807) is 34.6 Å². The number of benzene rings is 1. The van der Waals surface area contributed by atoms with Crippen LogP contribution in [0.5, 0.6) is 0 Å². The van der Waals surface area contributed by atoms with Crippen molar-refractivity contribution in [2.24, 2.45) is 11.3 Å². The Bertz CT molecular complexity index is 1970. The molecule has 5 rings (SSSR count). The van der Waals surface area contributed by atoms with Crippen molar-refractivity contribution in [1.29, 1.82) is 0 Å². The number of ketones is 2. The number of rotatable bonds is 15. The summed E-state index contributed by atoms with van der Waals surface area (Å²) in [4.78, 5) is 66.1. The van der Waals surface area contributed by atoms with Crippen LogP contribution >= 0.6 is 0 Å². The van der Waals surface area contributed by atoms with Crippen molar-refractivity contribution in [2.75, 3.05) is 12.3 Å². The van der Waals surface area contributed by atoms with Crippen molar-refractivity contribution in [1.82, 2.24) is 30.2 Å². The van der Waals surface area contributed by atoms with Gasteiger partial charge in [0.05, 0.1) is 12.4 Å². The van der Waals surface area contributed by atoms with Crippen LogP contribution in [0.3, 0.4) is 0 Å². The normalized spacial score (nSPS) is 21.9. The van der Waals surface area contributed by atoms with Crippen LogP contribution in [0.15, 0.2) is 59.2 Å². The molecule has 14 nitrogen and oxygen atoms in total. The van der Waals surface area contributed by atoms with E-state index in [1.165, 1.54) is 17.2 Å². The summed E-state index contributed by atoms with van der Waals surface area (Å²) in [6, 6.07) is 7.17. The molecule has 0 radical (unpaired) electrons. The van der Waals surface area contributed by atoms with Gasteiger partial charge in [-0.25, -0.2) is 15.0 Å². The summed E-state index contributed by atoms with van der Waals surface area (Å²) in [6.07, 6.45) is 0.956. The number of Topliss-reactive ketones (excluding diaryl/α,β-unsaturated/α-hetero) is 2. The topological polar surface area (TPSA) is 212 Å². The Morgan fingerprint density at radius 3 is 2.33 bits per heavy atom. The van der Waals surface area contributed by atoms with E-state index in [0.717, 1.165) is 11.1 Å². The van der Waals surface area contributed by atoms with E-state index >= 15 is 0 Å². The first-order chi connectivity index (χ1) is 25.5. The average molecular weight is 744 g/mol. The maximum atomic E-state index is 13.7. The summed E-state index contributed by atoms with van der Waals surface area (Å²) in [7, 11) is 0. The van der Waals surface area contributed by atoms with Gasteiger partial charge in [-0.15, -0.1) is 0 Å². The fraction of sp³-hybridized carbons (Fsp3) is 0.525. The molecule has 0 spiro atoms. The average Bonchev–Trinajstić information content (AvgIpc) is 3.68. The van der Waals surface area contributed by atoms with Gasteiger partial charge in [0.15, 0.2) is 29.3 Å². The number of nitrogen functional groups attached to an aromatic ring is 1. The molecular formula is C40H53N7O7. The van der Waals surface area contributed by atoms with Crippen LogP contribution in [0, 0.1) is 18.3 Å². The third-order valence-corrected chi connectivity index (χ3v) is 11.0. The molecule has 2 aliphatic rings. The fourth-order valence-electron chi connectivity index (χ4n) is 7.55. The zero-order valence-corrected chi connectivity index (χ0v) is 32.2. The van der Waals surface area contributed by atoms with E-state index in [2.05, 4.69) is 25.6 Å². The first kappa shape index (κ1) is 40.4. The van der Waals surface area contributed by atoms with Gasteiger partial charge in [-0.1, -0.05) is 57.0 Å². The molecule has 54 heavy (non-hydrogen) atoms. The van der Waals surface area contributed by atoms with Gasteiger partial charge in [-0.3, -0.25) is 23.7 Å². The molecule has 2 aromatic heterocycles. The Morgan fingerprint density at radius 2 is 1.65 bits per heavy atom. The number of hydrogen-bond acceptors (Lipinski definition) is 11. The molecule has 6 atom stereocenters. The minimum Gasteiger partial charge on any atom is -0.388 e. The second-order valence-corrected chi connectivity index (χ2v) is 15.3. The lowest BCUT2D eigenvalue weighted by Gasteiger charge is -2.32. The Kier molecular flexibility index (Phi) is 12.5. The zero-order valence-electron chi connectivity index (χ0n) is 32.2. The molecule has 6 N–H and O–H groups in total. The van der Waals surface area contributed by atoms with Crippen molar-refractivity contribution >= 4 is 40.4 Å². The smallest absolute Gasteiger partial charge is 0.242 e. The number of fused-ring (bicyclic) bond motifs is 1. The highest BCUT2D eigenvalue weighted by Gasteiger charge is 2.45. The summed E-state index contributed by atoms with van der Waals surface area (Å²) in [6.45, 7) is 12.8. The monoisotopic (exact) mass is 743 g/mol. The highest BCUT2D eigenvalue weighted by Crippen LogP contribution is 2.39. The number of imidazole rings is 1. The van der Waals surface area contributed by atoms with Crippen LogP contribution in [0.1, 0.15) is 91.0 Å². The molecular weight excluding hydrogens is 690 g/mol. The Balaban J connectivity index is 1.27. The van der Waals surface area contributed by atoms with Crippen LogP contribution in [-0.2, 0) is 30.3 Å². The van der Waals surface area contributed by atoms with Gasteiger partial charge in [0.25, 0.3) is 0 Å². The molecule has 0 bridgehead atoms. The number of aryl methyl sites for hydroxylation is 1. The third kappa shape index (κ3) is 8.61. The maximum absolute atomic E-state index is 13.7. The molecule has 1 aliphatic heterocycles. The van der Waals surface area contributed by atoms with E-state index < -0.39 is 41.9 Å². The van der Waals surface area contributed by atoms with E-state index in [1.807, 2.05) is 38.1 Å². The quantitative estimate of drug-likeness (QED) is 0.142. The summed E-state index contributed by atoms with van der Waals surface area (Å²) in [5.74, 6) is -1.07. The first-order valence-corrected chi connectivity index (χ1v) is 18.6. The number of ether oxygens (including phenoxy) is 1.